The number of carboxylic acid groups (broad SMARTS) is 1. The zero-order valence-corrected chi connectivity index (χ0v) is 13.6. The number of para-hydroxylation sites is 1. The van der Waals surface area contributed by atoms with Crippen LogP contribution in [0.3, 0.4) is 0 Å². The minimum absolute atomic E-state index is 0.125. The third-order valence-corrected chi connectivity index (χ3v) is 6.19. The Balaban J connectivity index is 2.15. The number of carbonyl (C=O) groups is 1. The van der Waals surface area contributed by atoms with E-state index < -0.39 is 21.9 Å². The predicted octanol–water partition coefficient (Wildman–Crippen LogP) is 1.79. The van der Waals surface area contributed by atoms with Gasteiger partial charge in [-0.05, 0) is 31.9 Å². The van der Waals surface area contributed by atoms with Crippen LogP contribution >= 0.6 is 0 Å². The first-order valence-electron chi connectivity index (χ1n) is 7.20. The number of hydrogen-bond donors (Lipinski definition) is 2. The number of aromatic nitrogens is 2. The molecule has 1 aliphatic heterocycles. The average molecular weight is 335 g/mol. The first-order chi connectivity index (χ1) is 10.8. The molecule has 1 unspecified atom stereocenters. The molecular formula is C15H17N3O4S. The lowest BCUT2D eigenvalue weighted by Gasteiger charge is -2.33. The summed E-state index contributed by atoms with van der Waals surface area (Å²) >= 11 is 0. The smallest absolute Gasteiger partial charge is 0.311 e. The summed E-state index contributed by atoms with van der Waals surface area (Å²) in [6.07, 6.45) is 0.238. The summed E-state index contributed by atoms with van der Waals surface area (Å²) in [4.78, 5) is 11.6. The van der Waals surface area contributed by atoms with Gasteiger partial charge in [-0.25, -0.2) is 8.42 Å². The van der Waals surface area contributed by atoms with Crippen molar-refractivity contribution in [2.75, 3.05) is 10.8 Å². The Morgan fingerprint density at radius 3 is 2.65 bits per heavy atom. The van der Waals surface area contributed by atoms with Gasteiger partial charge in [0.2, 0.25) is 0 Å². The van der Waals surface area contributed by atoms with Gasteiger partial charge in [-0.15, -0.1) is 0 Å². The summed E-state index contributed by atoms with van der Waals surface area (Å²) in [6.45, 7) is 3.41. The number of sulfonamides is 1. The second kappa shape index (κ2) is 5.38. The molecule has 0 bridgehead atoms. The number of carboxylic acids is 1. The van der Waals surface area contributed by atoms with E-state index in [0.717, 1.165) is 0 Å². The standard InChI is InChI=1S/C15H17N3O4S/c1-9-14(10(2)17-16-9)23(21,22)18-8-7-12(15(19)20)11-5-3-4-6-13(11)18/h3-6,12H,7-8H2,1-2H3,(H,16,17)(H,19,20). The second-order valence-electron chi connectivity index (χ2n) is 5.58. The summed E-state index contributed by atoms with van der Waals surface area (Å²) in [5.41, 5.74) is 1.82. The molecule has 2 N–H and O–H groups in total. The molecule has 2 heterocycles. The Hall–Kier alpha value is -2.35. The fourth-order valence-electron chi connectivity index (χ4n) is 3.07. The topological polar surface area (TPSA) is 103 Å². The maximum atomic E-state index is 13.0. The van der Waals surface area contributed by atoms with Crippen molar-refractivity contribution in [1.82, 2.24) is 10.2 Å². The molecule has 23 heavy (non-hydrogen) atoms. The fourth-order valence-corrected chi connectivity index (χ4v) is 4.91. The summed E-state index contributed by atoms with van der Waals surface area (Å²) in [5.74, 6) is -1.63. The maximum Gasteiger partial charge on any atom is 0.311 e. The molecule has 1 atom stereocenters. The Morgan fingerprint density at radius 2 is 2.04 bits per heavy atom. The van der Waals surface area contributed by atoms with E-state index in [-0.39, 0.29) is 17.9 Å². The van der Waals surface area contributed by atoms with Gasteiger partial charge in [0.25, 0.3) is 10.0 Å². The molecule has 0 radical (unpaired) electrons. The van der Waals surface area contributed by atoms with Crippen molar-refractivity contribution in [2.24, 2.45) is 0 Å². The molecule has 0 saturated carbocycles. The number of hydrogen-bond acceptors (Lipinski definition) is 4. The zero-order valence-electron chi connectivity index (χ0n) is 12.8. The van der Waals surface area contributed by atoms with Crippen molar-refractivity contribution in [2.45, 2.75) is 31.1 Å². The first-order valence-corrected chi connectivity index (χ1v) is 8.64. The number of aryl methyl sites for hydroxylation is 2. The van der Waals surface area contributed by atoms with Crippen molar-refractivity contribution in [3.8, 4) is 0 Å². The number of fused-ring (bicyclic) bond motifs is 1. The summed E-state index contributed by atoms with van der Waals surface area (Å²) in [5, 5.41) is 16.0. The summed E-state index contributed by atoms with van der Waals surface area (Å²) in [6, 6.07) is 6.75. The lowest BCUT2D eigenvalue weighted by Crippen LogP contribution is -2.38. The molecule has 0 spiro atoms. The largest absolute Gasteiger partial charge is 0.481 e. The number of benzene rings is 1. The number of H-pyrrole nitrogens is 1. The second-order valence-corrected chi connectivity index (χ2v) is 7.38. The highest BCUT2D eigenvalue weighted by Crippen LogP contribution is 2.38. The van der Waals surface area contributed by atoms with Gasteiger partial charge in [0.1, 0.15) is 4.90 Å². The molecule has 2 aromatic rings. The molecule has 0 amide bonds. The van der Waals surface area contributed by atoms with Crippen LogP contribution in [0.2, 0.25) is 0 Å². The van der Waals surface area contributed by atoms with Crippen LogP contribution in [0.1, 0.15) is 29.3 Å². The number of nitrogens with zero attached hydrogens (tertiary/aromatic N) is 2. The SMILES string of the molecule is Cc1n[nH]c(C)c1S(=O)(=O)N1CCC(C(=O)O)c2ccccc21. The van der Waals surface area contributed by atoms with E-state index >= 15 is 0 Å². The van der Waals surface area contributed by atoms with Crippen LogP contribution < -0.4 is 4.31 Å². The van der Waals surface area contributed by atoms with Crippen LogP contribution in [-0.2, 0) is 14.8 Å². The molecular weight excluding hydrogens is 318 g/mol. The van der Waals surface area contributed by atoms with Gasteiger partial charge in [-0.3, -0.25) is 14.2 Å². The van der Waals surface area contributed by atoms with Crippen molar-refractivity contribution >= 4 is 21.7 Å². The van der Waals surface area contributed by atoms with Gasteiger partial charge < -0.3 is 5.11 Å². The van der Waals surface area contributed by atoms with Gasteiger partial charge in [0, 0.05) is 6.54 Å². The highest BCUT2D eigenvalue weighted by atomic mass is 32.2. The van der Waals surface area contributed by atoms with Gasteiger partial charge in [-0.1, -0.05) is 18.2 Å². The molecule has 8 heteroatoms. The predicted molar refractivity (Wildman–Crippen MR) is 84.0 cm³/mol. The fraction of sp³-hybridized carbons (Fsp3) is 0.333. The molecule has 0 aliphatic carbocycles. The van der Waals surface area contributed by atoms with E-state index in [4.69, 9.17) is 0 Å². The van der Waals surface area contributed by atoms with Crippen LogP contribution in [0.4, 0.5) is 5.69 Å². The van der Waals surface area contributed by atoms with E-state index in [9.17, 15) is 18.3 Å². The Morgan fingerprint density at radius 1 is 1.35 bits per heavy atom. The van der Waals surface area contributed by atoms with Gasteiger partial charge in [0.15, 0.2) is 0 Å². The highest BCUT2D eigenvalue weighted by Gasteiger charge is 2.37. The van der Waals surface area contributed by atoms with E-state index in [2.05, 4.69) is 10.2 Å². The molecule has 1 aliphatic rings. The van der Waals surface area contributed by atoms with Gasteiger partial charge in [-0.2, -0.15) is 5.10 Å². The zero-order chi connectivity index (χ0) is 16.8. The monoisotopic (exact) mass is 335 g/mol. The molecule has 0 fully saturated rings. The normalized spacial score (nSPS) is 17.8. The minimum atomic E-state index is -3.80. The molecule has 122 valence electrons. The van der Waals surface area contributed by atoms with Crippen LogP contribution in [-0.4, -0.2) is 36.2 Å². The third-order valence-electron chi connectivity index (χ3n) is 4.11. The minimum Gasteiger partial charge on any atom is -0.481 e. The molecule has 1 aromatic heterocycles. The van der Waals surface area contributed by atoms with E-state index in [1.807, 2.05) is 0 Å². The lowest BCUT2D eigenvalue weighted by molar-refractivity contribution is -0.139. The van der Waals surface area contributed by atoms with Crippen LogP contribution in [0.5, 0.6) is 0 Å². The van der Waals surface area contributed by atoms with Crippen molar-refractivity contribution in [3.63, 3.8) is 0 Å². The molecule has 7 nitrogen and oxygen atoms in total. The Kier molecular flexibility index (Phi) is 3.63. The quantitative estimate of drug-likeness (QED) is 0.890. The highest BCUT2D eigenvalue weighted by molar-refractivity contribution is 7.93. The maximum absolute atomic E-state index is 13.0. The number of rotatable bonds is 3. The van der Waals surface area contributed by atoms with Crippen molar-refractivity contribution in [3.05, 3.63) is 41.2 Å². The van der Waals surface area contributed by atoms with Crippen LogP contribution in [0, 0.1) is 13.8 Å². The Bertz CT molecular complexity index is 853. The van der Waals surface area contributed by atoms with Crippen molar-refractivity contribution in [1.29, 1.82) is 0 Å². The van der Waals surface area contributed by atoms with E-state index in [0.29, 0.717) is 22.6 Å². The summed E-state index contributed by atoms with van der Waals surface area (Å²) < 4.78 is 27.4. The van der Waals surface area contributed by atoms with Crippen LogP contribution in [0.25, 0.3) is 0 Å². The number of nitrogens with one attached hydrogen (secondary N) is 1. The summed E-state index contributed by atoms with van der Waals surface area (Å²) in [7, 11) is -3.80. The number of aliphatic carboxylic acids is 1. The van der Waals surface area contributed by atoms with E-state index in [1.165, 1.54) is 4.31 Å². The van der Waals surface area contributed by atoms with E-state index in [1.54, 1.807) is 38.1 Å². The average Bonchev–Trinajstić information content (AvgIpc) is 2.85. The van der Waals surface area contributed by atoms with Crippen molar-refractivity contribution < 1.29 is 18.3 Å². The van der Waals surface area contributed by atoms with Gasteiger partial charge >= 0.3 is 5.97 Å². The molecule has 3 rings (SSSR count). The molecule has 1 aromatic carbocycles. The first kappa shape index (κ1) is 15.5. The number of aromatic amines is 1. The third kappa shape index (κ3) is 2.39. The van der Waals surface area contributed by atoms with Crippen LogP contribution in [0.15, 0.2) is 29.2 Å². The lowest BCUT2D eigenvalue weighted by atomic mass is 9.91. The Labute approximate surface area is 134 Å². The molecule has 0 saturated heterocycles. The number of anilines is 1. The van der Waals surface area contributed by atoms with Gasteiger partial charge in [0.05, 0.1) is 23.0 Å².